The lowest BCUT2D eigenvalue weighted by atomic mass is 10.0. The number of carbonyl (C=O) groups excluding carboxylic acids is 1. The molecule has 5 heteroatoms. The number of aromatic nitrogens is 2. The fraction of sp³-hybridized carbons (Fsp3) is 0.588. The first-order valence-electron chi connectivity index (χ1n) is 15.7. The second-order valence-electron chi connectivity index (χ2n) is 11.0. The predicted octanol–water partition coefficient (Wildman–Crippen LogP) is 9.92. The summed E-state index contributed by atoms with van der Waals surface area (Å²) in [6.45, 7) is 3.80. The van der Waals surface area contributed by atoms with Gasteiger partial charge in [0.1, 0.15) is 5.82 Å². The zero-order valence-corrected chi connectivity index (χ0v) is 25.0. The topological polar surface area (TPSA) is 46.9 Å². The number of imidazole rings is 1. The number of nitrogens with one attached hydrogen (secondary N) is 1. The van der Waals surface area contributed by atoms with Crippen molar-refractivity contribution in [2.24, 2.45) is 0 Å². The van der Waals surface area contributed by atoms with E-state index >= 15 is 0 Å². The molecule has 0 fully saturated rings. The Bertz CT molecular complexity index is 1090. The molecule has 2 aromatic carbocycles. The first-order valence-corrected chi connectivity index (χ1v) is 16.1. The molecule has 0 aliphatic carbocycles. The maximum Gasteiger partial charge on any atom is 0.252 e. The lowest BCUT2D eigenvalue weighted by molar-refractivity contribution is 0.0954. The summed E-state index contributed by atoms with van der Waals surface area (Å²) < 4.78 is 2.35. The van der Waals surface area contributed by atoms with E-state index in [0.29, 0.717) is 23.6 Å². The molecule has 0 bridgehead atoms. The largest absolute Gasteiger partial charge is 0.352 e. The van der Waals surface area contributed by atoms with E-state index in [9.17, 15) is 4.79 Å². The van der Waals surface area contributed by atoms with Crippen molar-refractivity contribution in [2.45, 2.75) is 123 Å². The number of amides is 1. The van der Waals surface area contributed by atoms with Gasteiger partial charge in [-0.1, -0.05) is 139 Å². The Morgan fingerprint density at radius 2 is 1.28 bits per heavy atom. The summed E-state index contributed by atoms with van der Waals surface area (Å²) in [5.74, 6) is 0.901. The number of benzene rings is 2. The minimum atomic E-state index is -0.138. The van der Waals surface area contributed by atoms with E-state index in [1.165, 1.54) is 102 Å². The smallest absolute Gasteiger partial charge is 0.252 e. The number of aryl methyl sites for hydroxylation is 1. The summed E-state index contributed by atoms with van der Waals surface area (Å²) in [7, 11) is 0. The molecule has 0 aliphatic rings. The van der Waals surface area contributed by atoms with Crippen LogP contribution in [-0.4, -0.2) is 22.0 Å². The van der Waals surface area contributed by atoms with Gasteiger partial charge in [-0.3, -0.25) is 4.79 Å². The zero-order chi connectivity index (χ0) is 27.5. The Morgan fingerprint density at radius 3 is 1.90 bits per heavy atom. The van der Waals surface area contributed by atoms with Crippen LogP contribution >= 0.6 is 11.6 Å². The minimum Gasteiger partial charge on any atom is -0.352 e. The third-order valence-corrected chi connectivity index (χ3v) is 8.05. The first-order chi connectivity index (χ1) is 19.2. The van der Waals surface area contributed by atoms with Gasteiger partial charge in [0.15, 0.2) is 0 Å². The van der Waals surface area contributed by atoms with Gasteiger partial charge in [-0.25, -0.2) is 4.98 Å². The molecule has 214 valence electrons. The fourth-order valence-corrected chi connectivity index (χ4v) is 5.63. The van der Waals surface area contributed by atoms with Crippen molar-refractivity contribution < 1.29 is 4.79 Å². The third kappa shape index (κ3) is 11.4. The van der Waals surface area contributed by atoms with Gasteiger partial charge in [0, 0.05) is 19.5 Å². The first kappa shape index (κ1) is 31.2. The van der Waals surface area contributed by atoms with E-state index in [-0.39, 0.29) is 5.91 Å². The summed E-state index contributed by atoms with van der Waals surface area (Å²) in [6, 6.07) is 15.5. The van der Waals surface area contributed by atoms with Crippen molar-refractivity contribution in [3.8, 4) is 0 Å². The van der Waals surface area contributed by atoms with Crippen LogP contribution in [0, 0.1) is 0 Å². The average Bonchev–Trinajstić information content (AvgIpc) is 3.30. The number of unbranched alkanes of at least 4 members (excludes halogenated alkanes) is 15. The molecule has 1 amide bonds. The Labute approximate surface area is 241 Å². The maximum atomic E-state index is 12.5. The molecule has 1 aromatic heterocycles. The number of hydrogen-bond acceptors (Lipinski definition) is 2. The van der Waals surface area contributed by atoms with Gasteiger partial charge >= 0.3 is 0 Å². The summed E-state index contributed by atoms with van der Waals surface area (Å²) in [4.78, 5) is 17.4. The number of fused-ring (bicyclic) bond motifs is 1. The SMILES string of the molecule is CCCCCCCCCCCCCCCCCCn1c(CCNC(=O)c2ccccc2Cl)nc2ccccc21. The average molecular weight is 552 g/mol. The van der Waals surface area contributed by atoms with E-state index < -0.39 is 0 Å². The molecule has 1 heterocycles. The van der Waals surface area contributed by atoms with Crippen LogP contribution in [0.2, 0.25) is 5.02 Å². The molecule has 0 saturated heterocycles. The molecular weight excluding hydrogens is 502 g/mol. The highest BCUT2D eigenvalue weighted by Gasteiger charge is 2.12. The van der Waals surface area contributed by atoms with Crippen molar-refractivity contribution in [2.75, 3.05) is 6.54 Å². The number of para-hydroxylation sites is 2. The molecule has 4 nitrogen and oxygen atoms in total. The van der Waals surface area contributed by atoms with E-state index in [0.717, 1.165) is 24.3 Å². The van der Waals surface area contributed by atoms with Gasteiger partial charge in [0.05, 0.1) is 21.6 Å². The van der Waals surface area contributed by atoms with E-state index in [4.69, 9.17) is 16.6 Å². The standard InChI is InChI=1S/C34H50ClN3O/c1-2-3-4-5-6-7-8-9-10-11-12-13-14-15-16-21-28-38-32-25-20-19-24-31(32)37-33(38)26-27-36-34(39)29-22-17-18-23-30(29)35/h17-20,22-25H,2-16,21,26-28H2,1H3,(H,36,39). The molecule has 0 radical (unpaired) electrons. The van der Waals surface area contributed by atoms with Crippen molar-refractivity contribution in [1.29, 1.82) is 0 Å². The van der Waals surface area contributed by atoms with Crippen LogP contribution in [0.1, 0.15) is 126 Å². The summed E-state index contributed by atoms with van der Waals surface area (Å²) in [5, 5.41) is 3.48. The van der Waals surface area contributed by atoms with Crippen molar-refractivity contribution in [3.63, 3.8) is 0 Å². The van der Waals surface area contributed by atoms with Gasteiger partial charge in [0.2, 0.25) is 0 Å². The molecule has 1 N–H and O–H groups in total. The highest BCUT2D eigenvalue weighted by atomic mass is 35.5. The van der Waals surface area contributed by atoms with Gasteiger partial charge in [0.25, 0.3) is 5.91 Å². The summed E-state index contributed by atoms with van der Waals surface area (Å²) in [6.07, 6.45) is 22.8. The van der Waals surface area contributed by atoms with Crippen LogP contribution in [0.3, 0.4) is 0 Å². The monoisotopic (exact) mass is 551 g/mol. The normalized spacial score (nSPS) is 11.3. The van der Waals surface area contributed by atoms with Gasteiger partial charge < -0.3 is 9.88 Å². The molecule has 0 aliphatic heterocycles. The second-order valence-corrected chi connectivity index (χ2v) is 11.4. The van der Waals surface area contributed by atoms with Crippen LogP contribution in [0.5, 0.6) is 0 Å². The molecule has 39 heavy (non-hydrogen) atoms. The molecule has 3 rings (SSSR count). The van der Waals surface area contributed by atoms with Crippen molar-refractivity contribution in [1.82, 2.24) is 14.9 Å². The minimum absolute atomic E-state index is 0.138. The van der Waals surface area contributed by atoms with Crippen LogP contribution < -0.4 is 5.32 Å². The quantitative estimate of drug-likeness (QED) is 0.134. The van der Waals surface area contributed by atoms with Gasteiger partial charge in [-0.15, -0.1) is 0 Å². The molecular formula is C34H50ClN3O. The van der Waals surface area contributed by atoms with E-state index in [1.54, 1.807) is 12.1 Å². The number of hydrogen-bond donors (Lipinski definition) is 1. The number of rotatable bonds is 21. The third-order valence-electron chi connectivity index (χ3n) is 7.72. The zero-order valence-electron chi connectivity index (χ0n) is 24.2. The Kier molecular flexibility index (Phi) is 15.1. The van der Waals surface area contributed by atoms with Gasteiger partial charge in [-0.05, 0) is 30.7 Å². The Balaban J connectivity index is 1.29. The van der Waals surface area contributed by atoms with Crippen LogP contribution in [0.25, 0.3) is 11.0 Å². The Hall–Kier alpha value is -2.33. The number of halogens is 1. The second kappa shape index (κ2) is 18.9. The van der Waals surface area contributed by atoms with Crippen molar-refractivity contribution in [3.05, 3.63) is 64.9 Å². The molecule has 0 atom stereocenters. The highest BCUT2D eigenvalue weighted by molar-refractivity contribution is 6.33. The van der Waals surface area contributed by atoms with Crippen molar-refractivity contribution >= 4 is 28.5 Å². The number of nitrogens with zero attached hydrogens (tertiary/aromatic N) is 2. The fourth-order valence-electron chi connectivity index (χ4n) is 5.41. The Morgan fingerprint density at radius 1 is 0.744 bits per heavy atom. The predicted molar refractivity (Wildman–Crippen MR) is 167 cm³/mol. The van der Waals surface area contributed by atoms with Crippen LogP contribution in [0.4, 0.5) is 0 Å². The molecule has 0 saturated carbocycles. The lowest BCUT2D eigenvalue weighted by Crippen LogP contribution is -2.26. The summed E-state index contributed by atoms with van der Waals surface area (Å²) in [5.41, 5.74) is 2.73. The number of carbonyl (C=O) groups is 1. The highest BCUT2D eigenvalue weighted by Crippen LogP contribution is 2.19. The van der Waals surface area contributed by atoms with Gasteiger partial charge in [-0.2, -0.15) is 0 Å². The molecule has 0 unspecified atom stereocenters. The molecule has 3 aromatic rings. The van der Waals surface area contributed by atoms with E-state index in [2.05, 4.69) is 35.0 Å². The lowest BCUT2D eigenvalue weighted by Gasteiger charge is -2.11. The van der Waals surface area contributed by atoms with Crippen LogP contribution in [-0.2, 0) is 13.0 Å². The van der Waals surface area contributed by atoms with Crippen LogP contribution in [0.15, 0.2) is 48.5 Å². The maximum absolute atomic E-state index is 12.5. The summed E-state index contributed by atoms with van der Waals surface area (Å²) >= 11 is 6.17. The van der Waals surface area contributed by atoms with E-state index in [1.807, 2.05) is 18.2 Å². The molecule has 0 spiro atoms.